The Morgan fingerprint density at radius 2 is 1.91 bits per heavy atom. The number of nitro groups is 1. The number of ether oxygens (including phenoxy) is 1. The summed E-state index contributed by atoms with van der Waals surface area (Å²) in [6.45, 7) is 1.65. The number of benzene rings is 1. The molecule has 0 spiro atoms. The molecule has 1 atom stereocenters. The van der Waals surface area contributed by atoms with E-state index in [4.69, 9.17) is 4.74 Å². The Labute approximate surface area is 132 Å². The van der Waals surface area contributed by atoms with Crippen molar-refractivity contribution in [3.63, 3.8) is 0 Å². The summed E-state index contributed by atoms with van der Waals surface area (Å²) in [4.78, 5) is 39.3. The molecule has 2 rings (SSSR count). The molecule has 7 heteroatoms. The lowest BCUT2D eigenvalue weighted by molar-refractivity contribution is -0.386. The lowest BCUT2D eigenvalue weighted by atomic mass is 9.93. The molecule has 0 fully saturated rings. The zero-order valence-corrected chi connectivity index (χ0v) is 12.3. The van der Waals surface area contributed by atoms with Crippen molar-refractivity contribution in [2.45, 2.75) is 12.8 Å². The Morgan fingerprint density at radius 3 is 2.52 bits per heavy atom. The van der Waals surface area contributed by atoms with Crippen LogP contribution in [0.5, 0.6) is 0 Å². The second-order valence-corrected chi connectivity index (χ2v) is 4.58. The first-order valence-corrected chi connectivity index (χ1v) is 6.91. The van der Waals surface area contributed by atoms with Gasteiger partial charge in [-0.15, -0.1) is 0 Å². The third-order valence-electron chi connectivity index (χ3n) is 3.13. The molecule has 0 aliphatic rings. The monoisotopic (exact) mass is 314 g/mol. The van der Waals surface area contributed by atoms with E-state index in [1.54, 1.807) is 25.1 Å². The normalized spacial score (nSPS) is 11.5. The predicted molar refractivity (Wildman–Crippen MR) is 81.0 cm³/mol. The number of nitrogens with zero attached hydrogens (tertiary/aromatic N) is 2. The molecule has 7 nitrogen and oxygen atoms in total. The number of pyridine rings is 1. The maximum atomic E-state index is 12.7. The van der Waals surface area contributed by atoms with Gasteiger partial charge >= 0.3 is 5.97 Å². The van der Waals surface area contributed by atoms with Gasteiger partial charge in [-0.25, -0.2) is 0 Å². The van der Waals surface area contributed by atoms with Crippen LogP contribution in [0.4, 0.5) is 5.69 Å². The number of carbonyl (C=O) groups excluding carboxylic acids is 2. The van der Waals surface area contributed by atoms with Gasteiger partial charge in [0.25, 0.3) is 5.69 Å². The van der Waals surface area contributed by atoms with Gasteiger partial charge in [0.05, 0.1) is 11.5 Å². The Balaban J connectivity index is 2.54. The minimum atomic E-state index is -1.47. The van der Waals surface area contributed by atoms with Crippen LogP contribution in [-0.2, 0) is 9.53 Å². The smallest absolute Gasteiger partial charge is 0.323 e. The summed E-state index contributed by atoms with van der Waals surface area (Å²) in [5.74, 6) is -2.92. The van der Waals surface area contributed by atoms with E-state index in [0.29, 0.717) is 0 Å². The van der Waals surface area contributed by atoms with Gasteiger partial charge in [0.15, 0.2) is 11.7 Å². The highest BCUT2D eigenvalue weighted by molar-refractivity contribution is 6.13. The zero-order valence-electron chi connectivity index (χ0n) is 12.3. The molecule has 0 amide bonds. The van der Waals surface area contributed by atoms with Gasteiger partial charge in [-0.05, 0) is 13.0 Å². The van der Waals surface area contributed by atoms with Gasteiger partial charge in [0, 0.05) is 17.8 Å². The molecule has 0 N–H and O–H groups in total. The molecule has 0 saturated heterocycles. The van der Waals surface area contributed by atoms with Crippen LogP contribution in [0.2, 0.25) is 0 Å². The molecule has 0 saturated carbocycles. The van der Waals surface area contributed by atoms with E-state index in [1.165, 1.54) is 30.5 Å². The molecule has 0 aliphatic heterocycles. The van der Waals surface area contributed by atoms with Crippen molar-refractivity contribution in [3.05, 3.63) is 70.0 Å². The van der Waals surface area contributed by atoms with Crippen molar-refractivity contribution in [2.24, 2.45) is 0 Å². The fourth-order valence-corrected chi connectivity index (χ4v) is 2.12. The van der Waals surface area contributed by atoms with Crippen LogP contribution in [-0.4, -0.2) is 28.3 Å². The van der Waals surface area contributed by atoms with Crippen LogP contribution in [0.3, 0.4) is 0 Å². The van der Waals surface area contributed by atoms with E-state index in [9.17, 15) is 19.7 Å². The quantitative estimate of drug-likeness (QED) is 0.267. The molecule has 2 aromatic rings. The minimum Gasteiger partial charge on any atom is -0.465 e. The van der Waals surface area contributed by atoms with Crippen LogP contribution in [0.15, 0.2) is 48.7 Å². The Bertz CT molecular complexity index is 730. The molecular formula is C16H14N2O5. The average Bonchev–Trinajstić information content (AvgIpc) is 2.56. The number of hydrogen-bond donors (Lipinski definition) is 0. The van der Waals surface area contributed by atoms with Crippen molar-refractivity contribution < 1.29 is 19.2 Å². The third kappa shape index (κ3) is 3.57. The van der Waals surface area contributed by atoms with Crippen LogP contribution >= 0.6 is 0 Å². The summed E-state index contributed by atoms with van der Waals surface area (Å²) in [5, 5.41) is 11.2. The SMILES string of the molecule is CCOC(=O)C(C(=O)c1ccccc1)c1ncccc1[N+](=O)[O-]. The van der Waals surface area contributed by atoms with E-state index in [0.717, 1.165) is 0 Å². The maximum absolute atomic E-state index is 12.7. The molecular weight excluding hydrogens is 300 g/mol. The van der Waals surface area contributed by atoms with E-state index in [1.807, 2.05) is 0 Å². The molecule has 23 heavy (non-hydrogen) atoms. The molecule has 0 aliphatic carbocycles. The number of ketones is 1. The standard InChI is InChI=1S/C16H14N2O5/c1-2-23-16(20)13(15(19)11-7-4-3-5-8-11)14-12(18(21)22)9-6-10-17-14/h3-10,13H,2H2,1H3. The third-order valence-corrected chi connectivity index (χ3v) is 3.13. The number of rotatable bonds is 6. The van der Waals surface area contributed by atoms with Crippen molar-refractivity contribution in [1.29, 1.82) is 0 Å². The van der Waals surface area contributed by atoms with E-state index in [2.05, 4.69) is 4.98 Å². The number of hydrogen-bond acceptors (Lipinski definition) is 6. The second-order valence-electron chi connectivity index (χ2n) is 4.58. The van der Waals surface area contributed by atoms with Crippen molar-refractivity contribution in [2.75, 3.05) is 6.61 Å². The summed E-state index contributed by atoms with van der Waals surface area (Å²) in [5.41, 5.74) is -0.356. The molecule has 1 unspecified atom stereocenters. The van der Waals surface area contributed by atoms with Gasteiger partial charge in [-0.3, -0.25) is 24.7 Å². The summed E-state index contributed by atoms with van der Waals surface area (Å²) < 4.78 is 4.91. The fourth-order valence-electron chi connectivity index (χ4n) is 2.12. The number of Topliss-reactive ketones (excluding diaryl/α,β-unsaturated/α-hetero) is 1. The Morgan fingerprint density at radius 1 is 1.22 bits per heavy atom. The summed E-state index contributed by atoms with van der Waals surface area (Å²) >= 11 is 0. The largest absolute Gasteiger partial charge is 0.465 e. The van der Waals surface area contributed by atoms with Crippen molar-refractivity contribution >= 4 is 17.4 Å². The van der Waals surface area contributed by atoms with Gasteiger partial charge in [0.1, 0.15) is 5.69 Å². The minimum absolute atomic E-state index is 0.0536. The molecule has 1 heterocycles. The molecule has 118 valence electrons. The number of esters is 1. The van der Waals surface area contributed by atoms with Crippen LogP contribution in [0.25, 0.3) is 0 Å². The van der Waals surface area contributed by atoms with Crippen molar-refractivity contribution in [3.8, 4) is 0 Å². The molecule has 0 bridgehead atoms. The van der Waals surface area contributed by atoms with E-state index >= 15 is 0 Å². The van der Waals surface area contributed by atoms with Crippen LogP contribution < -0.4 is 0 Å². The first kappa shape index (κ1) is 16.3. The molecule has 1 aromatic carbocycles. The topological polar surface area (TPSA) is 99.4 Å². The predicted octanol–water partition coefficient (Wildman–Crippen LogP) is 2.52. The second kappa shape index (κ2) is 7.26. The van der Waals surface area contributed by atoms with Gasteiger partial charge in [0.2, 0.25) is 0 Å². The first-order chi connectivity index (χ1) is 11.1. The number of aromatic nitrogens is 1. The Kier molecular flexibility index (Phi) is 5.14. The zero-order chi connectivity index (χ0) is 16.8. The highest BCUT2D eigenvalue weighted by atomic mass is 16.6. The lowest BCUT2D eigenvalue weighted by Crippen LogP contribution is -2.26. The highest BCUT2D eigenvalue weighted by Crippen LogP contribution is 2.28. The van der Waals surface area contributed by atoms with Crippen LogP contribution in [0.1, 0.15) is 28.9 Å². The van der Waals surface area contributed by atoms with Crippen molar-refractivity contribution in [1.82, 2.24) is 4.98 Å². The summed E-state index contributed by atoms with van der Waals surface area (Å²) in [6.07, 6.45) is 1.30. The summed E-state index contributed by atoms with van der Waals surface area (Å²) in [7, 11) is 0. The Hall–Kier alpha value is -3.09. The molecule has 1 aromatic heterocycles. The average molecular weight is 314 g/mol. The fraction of sp³-hybridized carbons (Fsp3) is 0.188. The summed E-state index contributed by atoms with van der Waals surface area (Å²) in [6, 6.07) is 10.6. The number of carbonyl (C=O) groups is 2. The van der Waals surface area contributed by atoms with E-state index in [-0.39, 0.29) is 17.9 Å². The maximum Gasteiger partial charge on any atom is 0.323 e. The first-order valence-electron chi connectivity index (χ1n) is 6.91. The molecule has 0 radical (unpaired) electrons. The van der Waals surface area contributed by atoms with E-state index < -0.39 is 28.3 Å². The van der Waals surface area contributed by atoms with Crippen LogP contribution in [0, 0.1) is 10.1 Å². The van der Waals surface area contributed by atoms with Gasteiger partial charge in [-0.1, -0.05) is 30.3 Å². The lowest BCUT2D eigenvalue weighted by Gasteiger charge is -2.14. The van der Waals surface area contributed by atoms with Gasteiger partial charge < -0.3 is 4.74 Å². The van der Waals surface area contributed by atoms with Gasteiger partial charge in [-0.2, -0.15) is 0 Å². The highest BCUT2D eigenvalue weighted by Gasteiger charge is 2.37.